The first-order valence-electron chi connectivity index (χ1n) is 7.95. The minimum absolute atomic E-state index is 0.213. The number of amides is 1. The van der Waals surface area contributed by atoms with Crippen LogP contribution in [0, 0.1) is 13.8 Å². The summed E-state index contributed by atoms with van der Waals surface area (Å²) in [5.74, 6) is 0.378. The van der Waals surface area contributed by atoms with Gasteiger partial charge in [0.1, 0.15) is 5.69 Å². The molecule has 0 unspecified atom stereocenters. The molecule has 0 atom stereocenters. The Morgan fingerprint density at radius 2 is 1.96 bits per heavy atom. The monoisotopic (exact) mass is 312 g/mol. The lowest BCUT2D eigenvalue weighted by Crippen LogP contribution is -2.23. The van der Waals surface area contributed by atoms with Gasteiger partial charge in [-0.2, -0.15) is 0 Å². The molecule has 0 aliphatic heterocycles. The number of rotatable bonds is 6. The third-order valence-electron chi connectivity index (χ3n) is 3.66. The number of nitrogens with one attached hydrogen (secondary N) is 1. The average molecular weight is 312 g/mol. The van der Waals surface area contributed by atoms with E-state index in [-0.39, 0.29) is 5.91 Å². The summed E-state index contributed by atoms with van der Waals surface area (Å²) >= 11 is 0. The highest BCUT2D eigenvalue weighted by atomic mass is 16.1. The highest BCUT2D eigenvalue weighted by Crippen LogP contribution is 2.15. The molecule has 1 aromatic carbocycles. The topological polar surface area (TPSA) is 58.1 Å². The molecule has 0 spiro atoms. The summed E-state index contributed by atoms with van der Waals surface area (Å²) in [6.45, 7) is 6.86. The Kier molecular flexibility index (Phi) is 5.68. The van der Waals surface area contributed by atoms with Crippen LogP contribution >= 0.6 is 0 Å². The van der Waals surface area contributed by atoms with Gasteiger partial charge in [-0.05, 0) is 38.0 Å². The molecule has 0 bridgehead atoms. The quantitative estimate of drug-likeness (QED) is 0.885. The van der Waals surface area contributed by atoms with Crippen LogP contribution in [0.3, 0.4) is 0 Å². The van der Waals surface area contributed by atoms with Crippen LogP contribution in [0.15, 0.2) is 30.3 Å². The Balaban J connectivity index is 2.20. The number of unbranched alkanes of at least 4 members (excludes halogenated alkanes) is 1. The zero-order chi connectivity index (χ0) is 16.8. The minimum Gasteiger partial charge on any atom is -0.344 e. The molecule has 0 aliphatic carbocycles. The van der Waals surface area contributed by atoms with Crippen molar-refractivity contribution in [1.82, 2.24) is 9.97 Å². The third kappa shape index (κ3) is 4.52. The second-order valence-electron chi connectivity index (χ2n) is 5.74. The zero-order valence-electron chi connectivity index (χ0n) is 14.3. The predicted molar refractivity (Wildman–Crippen MR) is 94.1 cm³/mol. The van der Waals surface area contributed by atoms with Crippen LogP contribution in [0.4, 0.5) is 11.6 Å². The molecular formula is C18H24N4O. The smallest absolute Gasteiger partial charge is 0.274 e. The van der Waals surface area contributed by atoms with Crippen LogP contribution in [0.5, 0.6) is 0 Å². The SMILES string of the molecule is CCCCN(C)c1nc(C)cc(C(=O)Nc2ccccc2C)n1. The van der Waals surface area contributed by atoms with E-state index in [0.29, 0.717) is 11.6 Å². The van der Waals surface area contributed by atoms with Gasteiger partial charge in [-0.3, -0.25) is 4.79 Å². The van der Waals surface area contributed by atoms with Gasteiger partial charge in [-0.25, -0.2) is 9.97 Å². The van der Waals surface area contributed by atoms with Crippen molar-refractivity contribution < 1.29 is 4.79 Å². The van der Waals surface area contributed by atoms with Gasteiger partial charge in [-0.1, -0.05) is 31.5 Å². The van der Waals surface area contributed by atoms with Crippen LogP contribution in [0.1, 0.15) is 41.5 Å². The van der Waals surface area contributed by atoms with E-state index in [0.717, 1.165) is 36.3 Å². The lowest BCUT2D eigenvalue weighted by atomic mass is 10.2. The molecule has 1 N–H and O–H groups in total. The van der Waals surface area contributed by atoms with Gasteiger partial charge in [-0.15, -0.1) is 0 Å². The van der Waals surface area contributed by atoms with E-state index in [2.05, 4.69) is 22.2 Å². The van der Waals surface area contributed by atoms with E-state index in [1.165, 1.54) is 0 Å². The van der Waals surface area contributed by atoms with Gasteiger partial charge in [0.25, 0.3) is 5.91 Å². The lowest BCUT2D eigenvalue weighted by molar-refractivity contribution is 0.102. The molecule has 1 amide bonds. The molecule has 1 aromatic heterocycles. The number of para-hydroxylation sites is 1. The number of benzene rings is 1. The van der Waals surface area contributed by atoms with Crippen molar-refractivity contribution in [2.75, 3.05) is 23.8 Å². The van der Waals surface area contributed by atoms with E-state index >= 15 is 0 Å². The summed E-state index contributed by atoms with van der Waals surface area (Å²) in [6.07, 6.45) is 2.18. The van der Waals surface area contributed by atoms with E-state index in [4.69, 9.17) is 0 Å². The number of aromatic nitrogens is 2. The molecule has 0 saturated carbocycles. The Bertz CT molecular complexity index is 684. The number of hydrogen-bond donors (Lipinski definition) is 1. The van der Waals surface area contributed by atoms with Crippen molar-refractivity contribution >= 4 is 17.5 Å². The van der Waals surface area contributed by atoms with Crippen molar-refractivity contribution in [1.29, 1.82) is 0 Å². The Morgan fingerprint density at radius 3 is 2.65 bits per heavy atom. The van der Waals surface area contributed by atoms with Crippen molar-refractivity contribution in [3.8, 4) is 0 Å². The second-order valence-corrected chi connectivity index (χ2v) is 5.74. The fourth-order valence-corrected chi connectivity index (χ4v) is 2.23. The van der Waals surface area contributed by atoms with Crippen LogP contribution in [-0.2, 0) is 0 Å². The van der Waals surface area contributed by atoms with Crippen LogP contribution in [-0.4, -0.2) is 29.5 Å². The van der Waals surface area contributed by atoms with E-state index in [9.17, 15) is 4.79 Å². The molecule has 0 fully saturated rings. The lowest BCUT2D eigenvalue weighted by Gasteiger charge is -2.17. The minimum atomic E-state index is -0.213. The van der Waals surface area contributed by atoms with Crippen LogP contribution in [0.25, 0.3) is 0 Å². The Labute approximate surface area is 137 Å². The maximum absolute atomic E-state index is 12.5. The first-order chi connectivity index (χ1) is 11.0. The number of nitrogens with zero attached hydrogens (tertiary/aromatic N) is 3. The van der Waals surface area contributed by atoms with Crippen molar-refractivity contribution in [3.63, 3.8) is 0 Å². The molecule has 0 aliphatic rings. The molecule has 2 aromatic rings. The fraction of sp³-hybridized carbons (Fsp3) is 0.389. The van der Waals surface area contributed by atoms with Gasteiger partial charge in [0.2, 0.25) is 5.95 Å². The second kappa shape index (κ2) is 7.72. The Hall–Kier alpha value is -2.43. The number of hydrogen-bond acceptors (Lipinski definition) is 4. The van der Waals surface area contributed by atoms with Gasteiger partial charge < -0.3 is 10.2 Å². The molecule has 122 valence electrons. The molecule has 2 rings (SSSR count). The van der Waals surface area contributed by atoms with E-state index in [1.54, 1.807) is 6.07 Å². The maximum Gasteiger partial charge on any atom is 0.274 e. The number of anilines is 2. The standard InChI is InChI=1S/C18H24N4O/c1-5-6-11-22(4)18-19-14(3)12-16(21-18)17(23)20-15-10-8-7-9-13(15)2/h7-10,12H,5-6,11H2,1-4H3,(H,20,23). The van der Waals surface area contributed by atoms with Gasteiger partial charge in [0, 0.05) is 25.0 Å². The molecule has 5 heteroatoms. The third-order valence-corrected chi connectivity index (χ3v) is 3.66. The summed E-state index contributed by atoms with van der Waals surface area (Å²) in [6, 6.07) is 9.41. The van der Waals surface area contributed by atoms with Crippen molar-refractivity contribution in [3.05, 3.63) is 47.3 Å². The fourth-order valence-electron chi connectivity index (χ4n) is 2.23. The molecule has 23 heavy (non-hydrogen) atoms. The van der Waals surface area contributed by atoms with Gasteiger partial charge >= 0.3 is 0 Å². The number of carbonyl (C=O) groups excluding carboxylic acids is 1. The van der Waals surface area contributed by atoms with Gasteiger partial charge in [0.05, 0.1) is 0 Å². The first-order valence-corrected chi connectivity index (χ1v) is 7.95. The van der Waals surface area contributed by atoms with Gasteiger partial charge in [0.15, 0.2) is 0 Å². The van der Waals surface area contributed by atoms with Crippen molar-refractivity contribution in [2.45, 2.75) is 33.6 Å². The summed E-state index contributed by atoms with van der Waals surface area (Å²) in [4.78, 5) is 23.3. The zero-order valence-corrected chi connectivity index (χ0v) is 14.3. The summed E-state index contributed by atoms with van der Waals surface area (Å²) in [7, 11) is 1.95. The highest BCUT2D eigenvalue weighted by Gasteiger charge is 2.13. The summed E-state index contributed by atoms with van der Waals surface area (Å²) in [5.41, 5.74) is 2.99. The van der Waals surface area contributed by atoms with Crippen molar-refractivity contribution in [2.24, 2.45) is 0 Å². The normalized spacial score (nSPS) is 10.4. The first kappa shape index (κ1) is 16.9. The Morgan fingerprint density at radius 1 is 1.22 bits per heavy atom. The predicted octanol–water partition coefficient (Wildman–Crippen LogP) is 3.58. The molecule has 1 heterocycles. The summed E-state index contributed by atoms with van der Waals surface area (Å²) in [5, 5.41) is 2.92. The molecular weight excluding hydrogens is 288 g/mol. The maximum atomic E-state index is 12.5. The average Bonchev–Trinajstić information content (AvgIpc) is 2.54. The van der Waals surface area contributed by atoms with E-state index in [1.807, 2.05) is 50.1 Å². The highest BCUT2D eigenvalue weighted by molar-refractivity contribution is 6.03. The summed E-state index contributed by atoms with van der Waals surface area (Å²) < 4.78 is 0. The molecule has 5 nitrogen and oxygen atoms in total. The van der Waals surface area contributed by atoms with Crippen LogP contribution < -0.4 is 10.2 Å². The molecule has 0 radical (unpaired) electrons. The van der Waals surface area contributed by atoms with E-state index < -0.39 is 0 Å². The number of aryl methyl sites for hydroxylation is 2. The largest absolute Gasteiger partial charge is 0.344 e. The molecule has 0 saturated heterocycles. The van der Waals surface area contributed by atoms with Crippen LogP contribution in [0.2, 0.25) is 0 Å². The number of carbonyl (C=O) groups is 1.